The second-order valence-corrected chi connectivity index (χ2v) is 8.80. The average Bonchev–Trinajstić information content (AvgIpc) is 3.02. The Bertz CT molecular complexity index is 999. The van der Waals surface area contributed by atoms with Crippen LogP contribution in [0.3, 0.4) is 0 Å². The molecule has 1 aliphatic rings. The molecule has 8 heteroatoms. The van der Waals surface area contributed by atoms with Crippen LogP contribution in [0.5, 0.6) is 11.5 Å². The van der Waals surface area contributed by atoms with Gasteiger partial charge in [-0.15, -0.1) is 0 Å². The number of rotatable bonds is 5. The van der Waals surface area contributed by atoms with E-state index in [1.165, 1.54) is 6.07 Å². The van der Waals surface area contributed by atoms with E-state index in [9.17, 15) is 13.2 Å². The van der Waals surface area contributed by atoms with E-state index in [2.05, 4.69) is 10.0 Å². The number of amides is 1. The molecule has 0 saturated carbocycles. The van der Waals surface area contributed by atoms with Gasteiger partial charge in [0.05, 0.1) is 17.5 Å². The highest BCUT2D eigenvalue weighted by Gasteiger charge is 2.26. The first kappa shape index (κ1) is 19.0. The number of fused-ring (bicyclic) bond motifs is 1. The number of aryl methyl sites for hydroxylation is 1. The molecule has 0 fully saturated rings. The molecular weight excluding hydrogens is 368 g/mol. The molecular formula is C19H22N2O5S. The molecule has 0 unspecified atom stereocenters. The summed E-state index contributed by atoms with van der Waals surface area (Å²) in [5.74, 6) is 1.01. The van der Waals surface area contributed by atoms with E-state index < -0.39 is 15.6 Å². The summed E-state index contributed by atoms with van der Waals surface area (Å²) in [6.07, 6.45) is 1.07. The van der Waals surface area contributed by atoms with E-state index in [0.717, 1.165) is 17.4 Å². The number of nitrogens with one attached hydrogen (secondary N) is 2. The normalized spacial score (nSPS) is 13.3. The molecule has 1 heterocycles. The number of anilines is 1. The van der Waals surface area contributed by atoms with Crippen molar-refractivity contribution in [3.05, 3.63) is 53.1 Å². The second-order valence-electron chi connectivity index (χ2n) is 7.05. The van der Waals surface area contributed by atoms with Crippen molar-refractivity contribution in [1.29, 1.82) is 0 Å². The van der Waals surface area contributed by atoms with E-state index in [-0.39, 0.29) is 12.7 Å². The number of benzene rings is 2. The molecule has 0 bridgehead atoms. The molecule has 2 aromatic carbocycles. The fourth-order valence-corrected chi connectivity index (χ4v) is 3.41. The van der Waals surface area contributed by atoms with Crippen molar-refractivity contribution in [3.8, 4) is 11.5 Å². The monoisotopic (exact) mass is 390 g/mol. The molecule has 0 aromatic heterocycles. The van der Waals surface area contributed by atoms with Gasteiger partial charge < -0.3 is 14.8 Å². The maximum atomic E-state index is 12.8. The molecule has 0 atom stereocenters. The van der Waals surface area contributed by atoms with Gasteiger partial charge in [-0.1, -0.05) is 12.1 Å². The van der Waals surface area contributed by atoms with Gasteiger partial charge in [0.25, 0.3) is 5.91 Å². The minimum Gasteiger partial charge on any atom is -0.454 e. The molecule has 2 N–H and O–H groups in total. The zero-order chi connectivity index (χ0) is 19.8. The van der Waals surface area contributed by atoms with Crippen LogP contribution in [0.15, 0.2) is 36.4 Å². The Kier molecular flexibility index (Phi) is 4.77. The Morgan fingerprint density at radius 2 is 1.78 bits per heavy atom. The predicted octanol–water partition coefficient (Wildman–Crippen LogP) is 2.76. The van der Waals surface area contributed by atoms with E-state index in [1.54, 1.807) is 19.1 Å². The van der Waals surface area contributed by atoms with Crippen LogP contribution in [0.4, 0.5) is 5.69 Å². The lowest BCUT2D eigenvalue weighted by atomic mass is 9.93. The fraction of sp³-hybridized carbons (Fsp3) is 0.316. The maximum absolute atomic E-state index is 12.8. The number of ether oxygens (including phenoxy) is 2. The molecule has 0 spiro atoms. The molecule has 1 aliphatic heterocycles. The SMILES string of the molecule is Cc1ccc(C(=O)NC(C)(C)c2ccc3c(c2)OCO3)cc1NS(C)(=O)=O. The van der Waals surface area contributed by atoms with E-state index >= 15 is 0 Å². The topological polar surface area (TPSA) is 93.7 Å². The highest BCUT2D eigenvalue weighted by Crippen LogP contribution is 2.35. The summed E-state index contributed by atoms with van der Waals surface area (Å²) in [6, 6.07) is 10.4. The number of carbonyl (C=O) groups is 1. The Balaban J connectivity index is 1.83. The smallest absolute Gasteiger partial charge is 0.252 e. The van der Waals surface area contributed by atoms with E-state index in [4.69, 9.17) is 9.47 Å². The summed E-state index contributed by atoms with van der Waals surface area (Å²) in [6.45, 7) is 5.72. The van der Waals surface area contributed by atoms with Crippen molar-refractivity contribution < 1.29 is 22.7 Å². The van der Waals surface area contributed by atoms with Gasteiger partial charge in [-0.25, -0.2) is 8.42 Å². The Hall–Kier alpha value is -2.74. The summed E-state index contributed by atoms with van der Waals surface area (Å²) in [4.78, 5) is 12.8. The Labute approximate surface area is 158 Å². The number of carbonyl (C=O) groups excluding carboxylic acids is 1. The van der Waals surface area contributed by atoms with Gasteiger partial charge in [-0.3, -0.25) is 9.52 Å². The quantitative estimate of drug-likeness (QED) is 0.819. The molecule has 3 rings (SSSR count). The van der Waals surface area contributed by atoms with Gasteiger partial charge in [0.2, 0.25) is 16.8 Å². The molecule has 144 valence electrons. The first-order chi connectivity index (χ1) is 12.5. The first-order valence-corrected chi connectivity index (χ1v) is 10.3. The van der Waals surface area contributed by atoms with Gasteiger partial charge in [-0.05, 0) is 56.2 Å². The summed E-state index contributed by atoms with van der Waals surface area (Å²) in [5.41, 5.74) is 1.66. The lowest BCUT2D eigenvalue weighted by Gasteiger charge is -2.27. The highest BCUT2D eigenvalue weighted by molar-refractivity contribution is 7.92. The van der Waals surface area contributed by atoms with Crippen LogP contribution in [0, 0.1) is 6.92 Å². The number of hydrogen-bond donors (Lipinski definition) is 2. The molecule has 27 heavy (non-hydrogen) atoms. The molecule has 0 saturated heterocycles. The molecule has 7 nitrogen and oxygen atoms in total. The molecule has 0 aliphatic carbocycles. The van der Waals surface area contributed by atoms with Crippen LogP contribution >= 0.6 is 0 Å². The van der Waals surface area contributed by atoms with Crippen molar-refractivity contribution in [2.45, 2.75) is 26.3 Å². The van der Waals surface area contributed by atoms with Crippen LogP contribution in [-0.4, -0.2) is 27.4 Å². The van der Waals surface area contributed by atoms with Crippen LogP contribution in [-0.2, 0) is 15.6 Å². The molecule has 0 radical (unpaired) electrons. The maximum Gasteiger partial charge on any atom is 0.252 e. The third-order valence-electron chi connectivity index (χ3n) is 4.32. The van der Waals surface area contributed by atoms with Gasteiger partial charge in [0, 0.05) is 5.56 Å². The Morgan fingerprint density at radius 1 is 1.07 bits per heavy atom. The Morgan fingerprint density at radius 3 is 2.48 bits per heavy atom. The second kappa shape index (κ2) is 6.77. The van der Waals surface area contributed by atoms with Crippen molar-refractivity contribution in [2.75, 3.05) is 17.8 Å². The van der Waals surface area contributed by atoms with Crippen molar-refractivity contribution in [1.82, 2.24) is 5.32 Å². The van der Waals surface area contributed by atoms with Gasteiger partial charge in [0.1, 0.15) is 0 Å². The minimum absolute atomic E-state index is 0.186. The summed E-state index contributed by atoms with van der Waals surface area (Å²) in [7, 11) is -3.43. The zero-order valence-corrected chi connectivity index (χ0v) is 16.4. The first-order valence-electron chi connectivity index (χ1n) is 8.36. The summed E-state index contributed by atoms with van der Waals surface area (Å²) in [5, 5.41) is 2.98. The standard InChI is InChI=1S/C19H22N2O5S/c1-12-5-6-13(9-15(12)21-27(4,23)24)18(22)20-19(2,3)14-7-8-16-17(10-14)26-11-25-16/h5-10,21H,11H2,1-4H3,(H,20,22). The molecule has 1 amide bonds. The zero-order valence-electron chi connectivity index (χ0n) is 15.6. The van der Waals surface area contributed by atoms with Gasteiger partial charge >= 0.3 is 0 Å². The third-order valence-corrected chi connectivity index (χ3v) is 4.91. The fourth-order valence-electron chi connectivity index (χ4n) is 2.79. The van der Waals surface area contributed by atoms with Crippen LogP contribution in [0.1, 0.15) is 35.3 Å². The summed E-state index contributed by atoms with van der Waals surface area (Å²) < 4.78 is 36.2. The van der Waals surface area contributed by atoms with Gasteiger partial charge in [0.15, 0.2) is 11.5 Å². The van der Waals surface area contributed by atoms with Crippen molar-refractivity contribution in [2.24, 2.45) is 0 Å². The lowest BCUT2D eigenvalue weighted by Crippen LogP contribution is -2.41. The van der Waals surface area contributed by atoms with Crippen LogP contribution in [0.25, 0.3) is 0 Å². The lowest BCUT2D eigenvalue weighted by molar-refractivity contribution is 0.0912. The van der Waals surface area contributed by atoms with E-state index in [0.29, 0.717) is 22.7 Å². The van der Waals surface area contributed by atoms with Gasteiger partial charge in [-0.2, -0.15) is 0 Å². The largest absolute Gasteiger partial charge is 0.454 e. The van der Waals surface area contributed by atoms with Crippen LogP contribution in [0.2, 0.25) is 0 Å². The van der Waals surface area contributed by atoms with E-state index in [1.807, 2.05) is 32.0 Å². The van der Waals surface area contributed by atoms with Crippen molar-refractivity contribution >= 4 is 21.6 Å². The number of hydrogen-bond acceptors (Lipinski definition) is 5. The summed E-state index contributed by atoms with van der Waals surface area (Å²) >= 11 is 0. The minimum atomic E-state index is -3.43. The predicted molar refractivity (Wildman–Crippen MR) is 103 cm³/mol. The van der Waals surface area contributed by atoms with Crippen LogP contribution < -0.4 is 19.5 Å². The third kappa shape index (κ3) is 4.33. The molecule has 2 aromatic rings. The number of sulfonamides is 1. The van der Waals surface area contributed by atoms with Crippen molar-refractivity contribution in [3.63, 3.8) is 0 Å². The average molecular weight is 390 g/mol. The highest BCUT2D eigenvalue weighted by atomic mass is 32.2.